The van der Waals surface area contributed by atoms with Gasteiger partial charge >= 0.3 is 43.0 Å². The van der Waals surface area contributed by atoms with E-state index >= 15 is 0 Å². The minimum atomic E-state index is -5.19. The quantitative estimate of drug-likeness (QED) is 0.0189. The van der Waals surface area contributed by atoms with Gasteiger partial charge in [0.2, 0.25) is 5.76 Å². The van der Waals surface area contributed by atoms with Gasteiger partial charge in [-0.1, -0.05) is 18.2 Å². The van der Waals surface area contributed by atoms with Gasteiger partial charge in [-0.15, -0.1) is 11.3 Å². The van der Waals surface area contributed by atoms with E-state index in [0.29, 0.717) is 79.6 Å². The number of phenolic OH excluding ortho intramolecular Hbond substituents is 1. The number of fused-ring (bicyclic) bond motifs is 9. The number of ether oxygens (including phenoxy) is 6. The Morgan fingerprint density at radius 3 is 1.36 bits per heavy atom. The third-order valence-corrected chi connectivity index (χ3v) is 26.0. The molecule has 0 aliphatic carbocycles. The number of rotatable bonds is 30. The molecule has 27 nitrogen and oxygen atoms in total. The van der Waals surface area contributed by atoms with E-state index in [1.165, 1.54) is 60.6 Å². The zero-order chi connectivity index (χ0) is 100.0. The van der Waals surface area contributed by atoms with Crippen LogP contribution in [0.15, 0.2) is 155 Å². The largest absolute Gasteiger partial charge is 0.542 e. The number of thiophene rings is 1. The molecule has 137 heavy (non-hydrogen) atoms. The highest BCUT2D eigenvalue weighted by molar-refractivity contribution is 7.09. The van der Waals surface area contributed by atoms with E-state index in [9.17, 15) is 81.0 Å². The Balaban J connectivity index is 0.000000191. The number of methoxy groups -OCH3 is 1. The fourth-order valence-electron chi connectivity index (χ4n) is 17.9. The summed E-state index contributed by atoms with van der Waals surface area (Å²) in [6, 6.07) is 32.6. The van der Waals surface area contributed by atoms with Crippen LogP contribution in [-0.4, -0.2) is 205 Å². The number of hydrogen-bond donors (Lipinski definition) is 1. The van der Waals surface area contributed by atoms with Gasteiger partial charge < -0.3 is 98.8 Å². The van der Waals surface area contributed by atoms with Gasteiger partial charge in [-0.05, 0) is 144 Å². The summed E-state index contributed by atoms with van der Waals surface area (Å²) in [5, 5.41) is 38.1. The first-order chi connectivity index (χ1) is 64.5. The van der Waals surface area contributed by atoms with Crippen molar-refractivity contribution in [2.45, 2.75) is 188 Å². The topological polar surface area (TPSA) is 323 Å². The number of aromatic hydroxyl groups is 1. The molecule has 3 aromatic carbocycles. The van der Waals surface area contributed by atoms with E-state index in [0.717, 1.165) is 195 Å². The molecule has 0 radical (unpaired) electrons. The molecule has 9 aliphatic heterocycles. The lowest BCUT2D eigenvalue weighted by Crippen LogP contribution is -2.65. The number of carbonyl (C=O) groups excluding carboxylic acids is 6. The molecule has 0 saturated carbocycles. The van der Waals surface area contributed by atoms with Crippen LogP contribution in [-0.2, 0) is 80.5 Å². The van der Waals surface area contributed by atoms with Crippen molar-refractivity contribution < 1.29 is 175 Å². The number of benzene rings is 3. The number of carboxylic acids is 3. The van der Waals surface area contributed by atoms with Crippen molar-refractivity contribution in [3.8, 4) is 23.0 Å². The van der Waals surface area contributed by atoms with E-state index in [4.69, 9.17) is 80.2 Å². The Morgan fingerprint density at radius 1 is 0.467 bits per heavy atom. The van der Waals surface area contributed by atoms with Crippen LogP contribution in [0.3, 0.4) is 0 Å². The van der Waals surface area contributed by atoms with Gasteiger partial charge in [0.05, 0.1) is 131 Å². The molecule has 6 bridgehead atoms. The SMILES string of the molecule is COc1ccc(CN(Cc2cc(C)oc2C)C(=O)O[C@H]2C[N+]3(CCCc4cccs4)CCC2CC3)c(F)c1.Cc1cc(CN(Cc2ccoc2)C(=O)O[C@H]2C[N+]3(CCCOc4ccc(F)cc4)CCC2CC3)c(C(F)(F)F)o1.Cc1ccc(CN(Cc2cc(C)c(C)o2)C(=O)O[C@@H]2C[N+]3(CCCOc4cccc(O)c4)CCC2CC3)o1.O=C([O-])C(F)(F)F.O=C([O-])C(F)(F)F.O=C([O-])C(F)(F)F. The van der Waals surface area contributed by atoms with Gasteiger partial charge in [-0.25, -0.2) is 23.2 Å². The van der Waals surface area contributed by atoms with Crippen LogP contribution in [0.25, 0.3) is 0 Å². The number of aryl methyl sites for hydroxylation is 7. The average molecular weight is 1970 g/mol. The summed E-state index contributed by atoms with van der Waals surface area (Å²) in [5.74, 6) is -3.07. The van der Waals surface area contributed by atoms with Crippen molar-refractivity contribution in [1.29, 1.82) is 0 Å². The molecule has 3 atom stereocenters. The lowest BCUT2D eigenvalue weighted by Gasteiger charge is -2.52. The average Bonchev–Trinajstić information content (AvgIpc) is 1.56. The number of hydrogen-bond acceptors (Lipinski definition) is 22. The van der Waals surface area contributed by atoms with Crippen LogP contribution in [0.4, 0.5) is 75.8 Å². The maximum Gasteiger partial charge on any atom is 0.449 e. The number of piperidine rings is 9. The molecule has 9 fully saturated rings. The Morgan fingerprint density at radius 2 is 0.934 bits per heavy atom. The second-order valence-corrected chi connectivity index (χ2v) is 36.1. The van der Waals surface area contributed by atoms with Crippen molar-refractivity contribution >= 4 is 47.5 Å². The molecule has 15 heterocycles. The van der Waals surface area contributed by atoms with Gasteiger partial charge in [-0.3, -0.25) is 14.7 Å². The molecule has 750 valence electrons. The minimum absolute atomic E-state index is 0.0367. The highest BCUT2D eigenvalue weighted by atomic mass is 32.1. The highest BCUT2D eigenvalue weighted by Crippen LogP contribution is 2.42. The van der Waals surface area contributed by atoms with Crippen molar-refractivity contribution in [3.63, 3.8) is 0 Å². The zero-order valence-corrected chi connectivity index (χ0v) is 77.2. The Hall–Kier alpha value is -11.9. The molecular weight excluding hydrogens is 1860 g/mol. The Kier molecular flexibility index (Phi) is 37.1. The number of halogens is 14. The number of alkyl halides is 12. The molecule has 6 aromatic heterocycles. The number of quaternary nitrogens is 3. The van der Waals surface area contributed by atoms with E-state index < -0.39 is 66.4 Å². The van der Waals surface area contributed by atoms with Gasteiger partial charge in [0.15, 0.2) is 18.3 Å². The van der Waals surface area contributed by atoms with Crippen molar-refractivity contribution in [2.75, 3.05) is 98.9 Å². The molecule has 9 aromatic rings. The van der Waals surface area contributed by atoms with Crippen LogP contribution in [0.5, 0.6) is 23.0 Å². The third kappa shape index (κ3) is 32.1. The normalized spacial score (nSPS) is 20.7. The van der Waals surface area contributed by atoms with Crippen LogP contribution >= 0.6 is 11.3 Å². The molecule has 3 amide bonds. The summed E-state index contributed by atoms with van der Waals surface area (Å²) < 4.78 is 229. The number of carboxylic acid groups (broad SMARTS) is 3. The maximum atomic E-state index is 14.9. The molecule has 9 saturated heterocycles. The first-order valence-electron chi connectivity index (χ1n) is 44.3. The Bertz CT molecular complexity index is 5300. The second kappa shape index (κ2) is 47.4. The van der Waals surface area contributed by atoms with Gasteiger partial charge in [0.1, 0.15) is 112 Å². The number of furan rings is 5. The number of phenols is 1. The lowest BCUT2D eigenvalue weighted by molar-refractivity contribution is -0.946. The number of nitrogens with zero attached hydrogens (tertiary/aromatic N) is 6. The summed E-state index contributed by atoms with van der Waals surface area (Å²) in [6.45, 7) is 24.8. The Labute approximate surface area is 784 Å². The van der Waals surface area contributed by atoms with Crippen molar-refractivity contribution in [3.05, 3.63) is 224 Å². The fraction of sp³-hybridized carbons (Fsp3) is 0.495. The molecule has 42 heteroatoms. The zero-order valence-electron chi connectivity index (χ0n) is 76.4. The second-order valence-electron chi connectivity index (χ2n) is 35.0. The summed E-state index contributed by atoms with van der Waals surface area (Å²) in [6.07, 6.45) is -9.19. The molecule has 0 spiro atoms. The highest BCUT2D eigenvalue weighted by Gasteiger charge is 2.52. The predicted molar refractivity (Wildman–Crippen MR) is 456 cm³/mol. The lowest BCUT2D eigenvalue weighted by atomic mass is 9.83. The number of aliphatic carboxylic acids is 3. The van der Waals surface area contributed by atoms with E-state index in [1.54, 1.807) is 58.3 Å². The van der Waals surface area contributed by atoms with Crippen molar-refractivity contribution in [1.82, 2.24) is 14.7 Å². The van der Waals surface area contributed by atoms with Gasteiger partial charge in [0, 0.05) is 115 Å². The molecule has 0 unspecified atom stereocenters. The molecular formula is C95H110F14N6O21S. The molecule has 18 rings (SSSR count). The summed E-state index contributed by atoms with van der Waals surface area (Å²) in [4.78, 5) is 72.9. The standard InChI is InChI=1S/C30H38FN2O4S.C30H38N2O6.C29H33F4N2O5.3C2HF3O2/c1-21-16-25(22(2)36-21)19-32(18-24-8-9-26(35-3)17-28(24)31)30(34)37-29-20-33(13-10-23(29)11-14-33)12-4-6-27-7-5-15-38-27;1-21-16-28(37-23(21)3)19-31(18-27-9-8-22(2)36-27)30(34)38-29-20-32(13-10-24(29)11-14-32)12-5-15-35-26-7-4-6-25(33)17-26;1-20-15-23(27(39-20)29(31,32)33)17-34(16-21-9-14-37-19-21)28(36)40-26-18-35(11-7-22(26)8-12-35)10-2-13-38-25-5-3-24(30)4-6-25;3*3-2(4,5)1(6)7/h5,7-9,15-17,23,29H,4,6,10-14,18-20H2,1-3H3;4,6-9,16-17,24,29H,5,10-15,18-20H2,1-3H3;3-6,9,14-15,19,22,26H,2,7-8,10-13,16-18H2,1H3;3*(H,6,7)/q+1;;+1;;;/p-2/t23?,29-,33?;24?,29-,32?;22?,26-,35?;;;/m010.../s1. The van der Waals surface area contributed by atoms with E-state index in [2.05, 4.69) is 17.5 Å². The monoisotopic (exact) mass is 1970 g/mol. The summed E-state index contributed by atoms with van der Waals surface area (Å²) in [7, 11) is 1.51. The fourth-order valence-corrected chi connectivity index (χ4v) is 18.7. The number of amides is 3. The first-order valence-corrected chi connectivity index (χ1v) is 45.2. The van der Waals surface area contributed by atoms with Crippen molar-refractivity contribution in [2.24, 2.45) is 17.8 Å². The first kappa shape index (κ1) is 107. The smallest absolute Gasteiger partial charge is 0.449 e. The predicted octanol–water partition coefficient (Wildman–Crippen LogP) is 16.7. The van der Waals surface area contributed by atoms with Crippen LogP contribution in [0.2, 0.25) is 0 Å². The molecule has 9 aliphatic rings. The van der Waals surface area contributed by atoms with Crippen LogP contribution in [0.1, 0.15) is 137 Å². The van der Waals surface area contributed by atoms with E-state index in [-0.39, 0.29) is 72.8 Å². The summed E-state index contributed by atoms with van der Waals surface area (Å²) in [5.41, 5.74) is 2.92. The van der Waals surface area contributed by atoms with Crippen LogP contribution < -0.4 is 29.5 Å². The van der Waals surface area contributed by atoms with Gasteiger partial charge in [0.25, 0.3) is 0 Å². The minimum Gasteiger partial charge on any atom is -0.542 e. The van der Waals surface area contributed by atoms with Crippen LogP contribution in [0, 0.1) is 70.9 Å². The number of carbonyl (C=O) groups is 6. The summed E-state index contributed by atoms with van der Waals surface area (Å²) >= 11 is 1.82. The maximum absolute atomic E-state index is 14.9. The van der Waals surface area contributed by atoms with Gasteiger partial charge in [-0.2, -0.15) is 52.7 Å². The van der Waals surface area contributed by atoms with E-state index in [1.807, 2.05) is 76.3 Å². The third-order valence-electron chi connectivity index (χ3n) is 25.0. The molecule has 1 N–H and O–H groups in total.